The van der Waals surface area contributed by atoms with Crippen molar-refractivity contribution in [1.29, 1.82) is 0 Å². The maximum atomic E-state index is 11.3. The van der Waals surface area contributed by atoms with E-state index in [1.165, 1.54) is 0 Å². The quantitative estimate of drug-likeness (QED) is 0.847. The number of rotatable bonds is 4. The zero-order valence-corrected chi connectivity index (χ0v) is 12.6. The molecule has 0 saturated heterocycles. The highest BCUT2D eigenvalue weighted by Gasteiger charge is 2.01. The molecule has 0 fully saturated rings. The molecule has 1 amide bonds. The van der Waals surface area contributed by atoms with Crippen LogP contribution in [0.25, 0.3) is 0 Å². The number of carbonyl (C=O) groups is 1. The van der Waals surface area contributed by atoms with Crippen molar-refractivity contribution in [3.63, 3.8) is 0 Å². The maximum absolute atomic E-state index is 11.3. The summed E-state index contributed by atoms with van der Waals surface area (Å²) in [5.74, 6) is 0. The van der Waals surface area contributed by atoms with Crippen molar-refractivity contribution in [3.8, 4) is 0 Å². The average Bonchev–Trinajstić information content (AvgIpc) is 2.41. The highest BCUT2D eigenvalue weighted by Crippen LogP contribution is 2.21. The molecule has 5 heteroatoms. The van der Waals surface area contributed by atoms with Gasteiger partial charge in [-0.1, -0.05) is 22.0 Å². The molecule has 4 nitrogen and oxygen atoms in total. The minimum Gasteiger partial charge on any atom is -0.450 e. The van der Waals surface area contributed by atoms with Gasteiger partial charge in [-0.25, -0.2) is 4.79 Å². The fourth-order valence-corrected chi connectivity index (χ4v) is 2.05. The smallest absolute Gasteiger partial charge is 0.411 e. The predicted molar refractivity (Wildman–Crippen MR) is 84.5 cm³/mol. The molecule has 2 aromatic rings. The molecule has 2 rings (SSSR count). The van der Waals surface area contributed by atoms with Crippen LogP contribution in [0.1, 0.15) is 6.92 Å². The molecular weight excluding hydrogens is 320 g/mol. The predicted octanol–water partition coefficient (Wildman–Crippen LogP) is 4.76. The Morgan fingerprint density at radius 3 is 2.45 bits per heavy atom. The molecule has 0 aliphatic rings. The lowest BCUT2D eigenvalue weighted by molar-refractivity contribution is 0.168. The summed E-state index contributed by atoms with van der Waals surface area (Å²) < 4.78 is 5.83. The van der Waals surface area contributed by atoms with Crippen molar-refractivity contribution in [3.05, 3.63) is 53.0 Å². The number of hydrogen-bond acceptors (Lipinski definition) is 3. The molecule has 2 aromatic carbocycles. The first-order valence-electron chi connectivity index (χ1n) is 6.24. The van der Waals surface area contributed by atoms with Gasteiger partial charge in [0, 0.05) is 21.5 Å². The lowest BCUT2D eigenvalue weighted by atomic mass is 10.2. The van der Waals surface area contributed by atoms with Crippen LogP contribution in [-0.4, -0.2) is 12.7 Å². The molecule has 2 N–H and O–H groups in total. The molecule has 0 aromatic heterocycles. The Bertz CT molecular complexity index is 585. The van der Waals surface area contributed by atoms with Gasteiger partial charge in [0.05, 0.1) is 6.61 Å². The van der Waals surface area contributed by atoms with Gasteiger partial charge in [0.2, 0.25) is 0 Å². The average molecular weight is 335 g/mol. The van der Waals surface area contributed by atoms with Gasteiger partial charge in [0.1, 0.15) is 0 Å². The van der Waals surface area contributed by atoms with Crippen LogP contribution in [0.2, 0.25) is 0 Å². The number of anilines is 3. The summed E-state index contributed by atoms with van der Waals surface area (Å²) >= 11 is 3.43. The second-order valence-electron chi connectivity index (χ2n) is 4.06. The van der Waals surface area contributed by atoms with E-state index in [9.17, 15) is 4.79 Å². The number of ether oxygens (including phenoxy) is 1. The number of hydrogen-bond donors (Lipinski definition) is 2. The minimum atomic E-state index is -0.444. The summed E-state index contributed by atoms with van der Waals surface area (Å²) in [6, 6.07) is 15.3. The number of nitrogens with one attached hydrogen (secondary N) is 2. The zero-order valence-electron chi connectivity index (χ0n) is 11.0. The molecule has 0 saturated carbocycles. The van der Waals surface area contributed by atoms with Crippen LogP contribution in [0.5, 0.6) is 0 Å². The maximum Gasteiger partial charge on any atom is 0.411 e. The first-order valence-corrected chi connectivity index (χ1v) is 7.03. The minimum absolute atomic E-state index is 0.356. The van der Waals surface area contributed by atoms with Crippen molar-refractivity contribution < 1.29 is 9.53 Å². The summed E-state index contributed by atoms with van der Waals surface area (Å²) in [6.07, 6.45) is -0.444. The molecular formula is C15H15BrN2O2. The van der Waals surface area contributed by atoms with Crippen LogP contribution >= 0.6 is 15.9 Å². The summed E-state index contributed by atoms with van der Waals surface area (Å²) in [5.41, 5.74) is 2.63. The first kappa shape index (κ1) is 14.4. The molecule has 0 aliphatic heterocycles. The van der Waals surface area contributed by atoms with Crippen molar-refractivity contribution in [2.75, 3.05) is 17.2 Å². The van der Waals surface area contributed by atoms with Gasteiger partial charge in [-0.05, 0) is 49.4 Å². The van der Waals surface area contributed by atoms with Crippen LogP contribution in [0.4, 0.5) is 21.9 Å². The monoisotopic (exact) mass is 334 g/mol. The van der Waals surface area contributed by atoms with Gasteiger partial charge in [0.15, 0.2) is 0 Å². The van der Waals surface area contributed by atoms with Gasteiger partial charge >= 0.3 is 6.09 Å². The van der Waals surface area contributed by atoms with Gasteiger partial charge in [0.25, 0.3) is 0 Å². The summed E-state index contributed by atoms with van der Waals surface area (Å²) in [6.45, 7) is 2.12. The highest BCUT2D eigenvalue weighted by atomic mass is 79.9. The van der Waals surface area contributed by atoms with E-state index < -0.39 is 6.09 Å². The third-order valence-electron chi connectivity index (χ3n) is 2.52. The standard InChI is InChI=1S/C15H15BrN2O2/c1-2-20-15(19)18-13-8-6-12(7-9-13)17-14-5-3-4-11(16)10-14/h3-10,17H,2H2,1H3,(H,18,19). The molecule has 0 bridgehead atoms. The molecule has 0 radical (unpaired) electrons. The van der Waals surface area contributed by atoms with Gasteiger partial charge in [-0.3, -0.25) is 5.32 Å². The summed E-state index contributed by atoms with van der Waals surface area (Å²) in [5, 5.41) is 5.92. The first-order chi connectivity index (χ1) is 9.67. The normalized spacial score (nSPS) is 9.90. The second-order valence-corrected chi connectivity index (χ2v) is 4.97. The molecule has 0 heterocycles. The molecule has 20 heavy (non-hydrogen) atoms. The Labute approximate surface area is 126 Å². The molecule has 0 aliphatic carbocycles. The summed E-state index contributed by atoms with van der Waals surface area (Å²) in [4.78, 5) is 11.3. The van der Waals surface area contributed by atoms with E-state index in [4.69, 9.17) is 4.74 Å². The third-order valence-corrected chi connectivity index (χ3v) is 3.01. The van der Waals surface area contributed by atoms with Crippen LogP contribution in [0.3, 0.4) is 0 Å². The van der Waals surface area contributed by atoms with Crippen LogP contribution in [0, 0.1) is 0 Å². The van der Waals surface area contributed by atoms with E-state index in [0.717, 1.165) is 15.8 Å². The van der Waals surface area contributed by atoms with E-state index in [-0.39, 0.29) is 0 Å². The van der Waals surface area contributed by atoms with E-state index in [1.54, 1.807) is 6.92 Å². The van der Waals surface area contributed by atoms with Crippen LogP contribution in [-0.2, 0) is 4.74 Å². The Kier molecular flexibility index (Phi) is 5.01. The number of halogens is 1. The Hall–Kier alpha value is -2.01. The van der Waals surface area contributed by atoms with E-state index in [1.807, 2.05) is 48.5 Å². The number of benzene rings is 2. The topological polar surface area (TPSA) is 50.4 Å². The lowest BCUT2D eigenvalue weighted by Gasteiger charge is -2.09. The fourth-order valence-electron chi connectivity index (χ4n) is 1.65. The second kappa shape index (κ2) is 6.96. The van der Waals surface area contributed by atoms with Gasteiger partial charge in [-0.15, -0.1) is 0 Å². The summed E-state index contributed by atoms with van der Waals surface area (Å²) in [7, 11) is 0. The van der Waals surface area contributed by atoms with Crippen LogP contribution in [0.15, 0.2) is 53.0 Å². The lowest BCUT2D eigenvalue weighted by Crippen LogP contribution is -2.13. The van der Waals surface area contributed by atoms with Crippen molar-refractivity contribution in [2.45, 2.75) is 6.92 Å². The zero-order chi connectivity index (χ0) is 14.4. The van der Waals surface area contributed by atoms with E-state index in [0.29, 0.717) is 12.3 Å². The van der Waals surface area contributed by atoms with Gasteiger partial charge in [-0.2, -0.15) is 0 Å². The SMILES string of the molecule is CCOC(=O)Nc1ccc(Nc2cccc(Br)c2)cc1. The van der Waals surface area contributed by atoms with Crippen LogP contribution < -0.4 is 10.6 Å². The fraction of sp³-hybridized carbons (Fsp3) is 0.133. The molecule has 0 atom stereocenters. The molecule has 0 unspecified atom stereocenters. The van der Waals surface area contributed by atoms with E-state index >= 15 is 0 Å². The number of carbonyl (C=O) groups excluding carboxylic acids is 1. The third kappa shape index (κ3) is 4.28. The van der Waals surface area contributed by atoms with Crippen molar-refractivity contribution >= 4 is 39.1 Å². The van der Waals surface area contributed by atoms with Crippen molar-refractivity contribution in [1.82, 2.24) is 0 Å². The van der Waals surface area contributed by atoms with Crippen molar-refractivity contribution in [2.24, 2.45) is 0 Å². The Morgan fingerprint density at radius 2 is 1.80 bits per heavy atom. The van der Waals surface area contributed by atoms with Gasteiger partial charge < -0.3 is 10.1 Å². The molecule has 104 valence electrons. The number of amides is 1. The molecule has 0 spiro atoms. The Morgan fingerprint density at radius 1 is 1.10 bits per heavy atom. The Balaban J connectivity index is 1.99. The highest BCUT2D eigenvalue weighted by molar-refractivity contribution is 9.10. The largest absolute Gasteiger partial charge is 0.450 e. The van der Waals surface area contributed by atoms with E-state index in [2.05, 4.69) is 26.6 Å².